The lowest BCUT2D eigenvalue weighted by atomic mass is 9.79. The number of fused-ring (bicyclic) bond motifs is 2. The molecule has 3 heterocycles. The number of aromatic nitrogens is 3. The van der Waals surface area contributed by atoms with Crippen molar-refractivity contribution in [3.63, 3.8) is 0 Å². The first-order valence-corrected chi connectivity index (χ1v) is 9.03. The Morgan fingerprint density at radius 1 is 1.26 bits per heavy atom. The predicted octanol–water partition coefficient (Wildman–Crippen LogP) is 3.76. The van der Waals surface area contributed by atoms with Crippen molar-refractivity contribution in [1.82, 2.24) is 14.4 Å². The van der Waals surface area contributed by atoms with Gasteiger partial charge >= 0.3 is 0 Å². The maximum atomic E-state index is 12.2. The van der Waals surface area contributed by atoms with Gasteiger partial charge in [-0.1, -0.05) is 25.1 Å². The zero-order valence-corrected chi connectivity index (χ0v) is 15.4. The third-order valence-corrected chi connectivity index (χ3v) is 5.14. The second kappa shape index (κ2) is 6.40. The van der Waals surface area contributed by atoms with Gasteiger partial charge in [0.2, 0.25) is 0 Å². The number of aryl methyl sites for hydroxylation is 1. The van der Waals surface area contributed by atoms with E-state index in [0.29, 0.717) is 12.8 Å². The van der Waals surface area contributed by atoms with E-state index in [1.807, 2.05) is 73.1 Å². The number of nitriles is 1. The number of pyridine rings is 2. The van der Waals surface area contributed by atoms with E-state index in [2.05, 4.69) is 16.0 Å². The Balaban J connectivity index is 1.76. The van der Waals surface area contributed by atoms with Crippen molar-refractivity contribution < 1.29 is 0 Å². The number of nitrogens with one attached hydrogen (secondary N) is 1. The first-order chi connectivity index (χ1) is 13.0. The number of rotatable bonds is 4. The summed E-state index contributed by atoms with van der Waals surface area (Å²) in [5.41, 5.74) is 3.31. The molecule has 1 atom stereocenters. The molecule has 5 nitrogen and oxygen atoms in total. The van der Waals surface area contributed by atoms with E-state index in [1.54, 1.807) is 0 Å². The quantitative estimate of drug-likeness (QED) is 0.605. The third kappa shape index (κ3) is 3.00. The monoisotopic (exact) mass is 356 g/mol. The van der Waals surface area contributed by atoms with Crippen molar-refractivity contribution >= 4 is 16.6 Å². The molecule has 4 rings (SSSR count). The second-order valence-electron chi connectivity index (χ2n) is 7.10. The van der Waals surface area contributed by atoms with Gasteiger partial charge in [-0.15, -0.1) is 0 Å². The summed E-state index contributed by atoms with van der Waals surface area (Å²) >= 11 is 0. The number of hydrogen-bond acceptors (Lipinski definition) is 3. The summed E-state index contributed by atoms with van der Waals surface area (Å²) in [6.07, 6.45) is 5.09. The molecular weight excluding hydrogens is 336 g/mol. The molecule has 1 N–H and O–H groups in total. The normalized spacial score (nSPS) is 13.5. The van der Waals surface area contributed by atoms with E-state index in [4.69, 9.17) is 0 Å². The van der Waals surface area contributed by atoms with Crippen LogP contribution < -0.4 is 5.56 Å². The first-order valence-electron chi connectivity index (χ1n) is 9.03. The molecule has 1 aromatic carbocycles. The highest BCUT2D eigenvalue weighted by atomic mass is 16.1. The number of nitrogens with zero attached hydrogens (tertiary/aromatic N) is 3. The molecule has 0 aliphatic heterocycles. The van der Waals surface area contributed by atoms with Crippen molar-refractivity contribution in [1.29, 1.82) is 5.26 Å². The van der Waals surface area contributed by atoms with Crippen molar-refractivity contribution in [3.05, 3.63) is 82.0 Å². The highest BCUT2D eigenvalue weighted by molar-refractivity contribution is 5.80. The maximum Gasteiger partial charge on any atom is 0.251 e. The molecule has 0 aliphatic rings. The van der Waals surface area contributed by atoms with Gasteiger partial charge in [0.05, 0.1) is 17.2 Å². The zero-order valence-electron chi connectivity index (χ0n) is 15.4. The average Bonchev–Trinajstić information content (AvgIpc) is 3.08. The summed E-state index contributed by atoms with van der Waals surface area (Å²) in [4.78, 5) is 19.7. The Morgan fingerprint density at radius 3 is 2.85 bits per heavy atom. The fourth-order valence-electron chi connectivity index (χ4n) is 3.49. The van der Waals surface area contributed by atoms with Crippen LogP contribution in [0.4, 0.5) is 0 Å². The Morgan fingerprint density at radius 2 is 2.11 bits per heavy atom. The topological polar surface area (TPSA) is 74.0 Å². The van der Waals surface area contributed by atoms with Crippen LogP contribution in [0.5, 0.6) is 0 Å². The number of imidazole rings is 1. The Hall–Kier alpha value is -3.39. The summed E-state index contributed by atoms with van der Waals surface area (Å²) in [6, 6.07) is 16.1. The molecule has 0 spiro atoms. The van der Waals surface area contributed by atoms with E-state index < -0.39 is 5.41 Å². The molecule has 0 radical (unpaired) electrons. The van der Waals surface area contributed by atoms with E-state index >= 15 is 0 Å². The molecular formula is C22H20N4O. The smallest absolute Gasteiger partial charge is 0.251 e. The molecule has 0 amide bonds. The maximum absolute atomic E-state index is 12.2. The summed E-state index contributed by atoms with van der Waals surface area (Å²) in [6.45, 7) is 3.88. The van der Waals surface area contributed by atoms with Crippen LogP contribution in [0.2, 0.25) is 0 Å². The number of hydrogen-bond donors (Lipinski definition) is 1. The van der Waals surface area contributed by atoms with Crippen LogP contribution in [-0.4, -0.2) is 14.4 Å². The van der Waals surface area contributed by atoms with Crippen LogP contribution in [0.15, 0.2) is 59.7 Å². The predicted molar refractivity (Wildman–Crippen MR) is 106 cm³/mol. The molecule has 0 saturated heterocycles. The standard InChI is InChI=1S/C22H20N4O/c1-3-15-10-16-7-8-17(11-19(16)25-21(15)27)22(2,14-23)12-18-13-26-9-5-4-6-20(26)24-18/h4-11,13H,3,12H2,1-2H3,(H,25,27). The largest absolute Gasteiger partial charge is 0.322 e. The van der Waals surface area contributed by atoms with E-state index in [-0.39, 0.29) is 5.56 Å². The zero-order chi connectivity index (χ0) is 19.0. The molecule has 0 aliphatic carbocycles. The van der Waals surface area contributed by atoms with Crippen LogP contribution in [0, 0.1) is 11.3 Å². The number of aromatic amines is 1. The van der Waals surface area contributed by atoms with Gasteiger partial charge in [0.15, 0.2) is 0 Å². The fourth-order valence-corrected chi connectivity index (χ4v) is 3.49. The van der Waals surface area contributed by atoms with Gasteiger partial charge in [-0.05, 0) is 48.6 Å². The van der Waals surface area contributed by atoms with Crippen LogP contribution in [0.1, 0.15) is 30.7 Å². The Kier molecular flexibility index (Phi) is 4.04. The van der Waals surface area contributed by atoms with Crippen molar-refractivity contribution in [3.8, 4) is 6.07 Å². The van der Waals surface area contributed by atoms with Gasteiger partial charge in [0, 0.05) is 29.9 Å². The lowest BCUT2D eigenvalue weighted by molar-refractivity contribution is 0.599. The molecule has 4 aromatic rings. The van der Waals surface area contributed by atoms with Crippen LogP contribution in [0.3, 0.4) is 0 Å². The third-order valence-electron chi connectivity index (χ3n) is 5.14. The summed E-state index contributed by atoms with van der Waals surface area (Å²) in [5.74, 6) is 0. The van der Waals surface area contributed by atoms with Crippen LogP contribution >= 0.6 is 0 Å². The van der Waals surface area contributed by atoms with Gasteiger partial charge < -0.3 is 9.38 Å². The Labute approximate surface area is 156 Å². The van der Waals surface area contributed by atoms with Gasteiger partial charge in [0.1, 0.15) is 5.65 Å². The van der Waals surface area contributed by atoms with E-state index in [1.165, 1.54) is 0 Å². The van der Waals surface area contributed by atoms with Crippen molar-refractivity contribution in [2.45, 2.75) is 32.1 Å². The highest BCUT2D eigenvalue weighted by Crippen LogP contribution is 2.29. The summed E-state index contributed by atoms with van der Waals surface area (Å²) < 4.78 is 1.96. The Bertz CT molecular complexity index is 1210. The van der Waals surface area contributed by atoms with Crippen LogP contribution in [-0.2, 0) is 18.3 Å². The first kappa shape index (κ1) is 17.0. The molecule has 134 valence electrons. The average molecular weight is 356 g/mol. The molecule has 0 saturated carbocycles. The van der Waals surface area contributed by atoms with Crippen molar-refractivity contribution in [2.24, 2.45) is 0 Å². The van der Waals surface area contributed by atoms with E-state index in [0.717, 1.165) is 33.4 Å². The molecule has 0 fully saturated rings. The van der Waals surface area contributed by atoms with Gasteiger partial charge in [0.25, 0.3) is 5.56 Å². The van der Waals surface area contributed by atoms with Gasteiger partial charge in [-0.3, -0.25) is 4.79 Å². The number of benzene rings is 1. The van der Waals surface area contributed by atoms with Gasteiger partial charge in [-0.2, -0.15) is 5.26 Å². The minimum absolute atomic E-state index is 0.0684. The van der Waals surface area contributed by atoms with Gasteiger partial charge in [-0.25, -0.2) is 4.98 Å². The minimum Gasteiger partial charge on any atom is -0.322 e. The lowest BCUT2D eigenvalue weighted by Crippen LogP contribution is -2.23. The highest BCUT2D eigenvalue weighted by Gasteiger charge is 2.28. The summed E-state index contributed by atoms with van der Waals surface area (Å²) in [5, 5.41) is 10.9. The summed E-state index contributed by atoms with van der Waals surface area (Å²) in [7, 11) is 0. The molecule has 1 unspecified atom stereocenters. The molecule has 5 heteroatoms. The molecule has 27 heavy (non-hydrogen) atoms. The van der Waals surface area contributed by atoms with E-state index in [9.17, 15) is 10.1 Å². The molecule has 3 aromatic heterocycles. The SMILES string of the molecule is CCc1cc2ccc(C(C)(C#N)Cc3cn4ccccc4n3)cc2[nH]c1=O. The fraction of sp³-hybridized carbons (Fsp3) is 0.227. The minimum atomic E-state index is -0.744. The number of H-pyrrole nitrogens is 1. The van der Waals surface area contributed by atoms with Crippen LogP contribution in [0.25, 0.3) is 16.6 Å². The lowest BCUT2D eigenvalue weighted by Gasteiger charge is -2.21. The van der Waals surface area contributed by atoms with Crippen molar-refractivity contribution in [2.75, 3.05) is 0 Å². The molecule has 0 bridgehead atoms. The second-order valence-corrected chi connectivity index (χ2v) is 7.10.